The maximum Gasteiger partial charge on any atom is 0.410 e. The van der Waals surface area contributed by atoms with Crippen molar-refractivity contribution in [2.45, 2.75) is 58.8 Å². The zero-order chi connectivity index (χ0) is 29.9. The van der Waals surface area contributed by atoms with Crippen LogP contribution in [0.3, 0.4) is 0 Å². The van der Waals surface area contributed by atoms with Crippen molar-refractivity contribution in [1.82, 2.24) is 25.1 Å². The lowest BCUT2D eigenvalue weighted by Crippen LogP contribution is -2.51. The van der Waals surface area contributed by atoms with Gasteiger partial charge in [0.15, 0.2) is 0 Å². The number of hydrogen-bond donors (Lipinski definition) is 3. The zero-order valence-corrected chi connectivity index (χ0v) is 25.5. The lowest BCUT2D eigenvalue weighted by Gasteiger charge is -2.35. The normalized spacial score (nSPS) is 18.3. The number of amides is 2. The van der Waals surface area contributed by atoms with Crippen molar-refractivity contribution in [2.75, 3.05) is 62.6 Å². The Labute approximate surface area is 252 Å². The minimum atomic E-state index is -0.514. The van der Waals surface area contributed by atoms with Crippen molar-refractivity contribution in [3.05, 3.63) is 46.1 Å². The van der Waals surface area contributed by atoms with Gasteiger partial charge < -0.3 is 30.3 Å². The molecule has 1 spiro atoms. The standard InChI is InChI=1S/C30H42ClN7O4/c1-29(2,3)42-28(41)37-14-12-36(13-15-37)11-9-32-26(40)23-18-34-27(38-10-8-30(20-38)6-7-30)35-25(23)33-17-21-4-5-22(19-39)24(31)16-21/h4-5,16,18,39H,6-15,17,19-20H2,1-3H3,(H,32,40)(H,33,34,35). The fourth-order valence-corrected chi connectivity index (χ4v) is 5.70. The van der Waals surface area contributed by atoms with Crippen molar-refractivity contribution in [3.63, 3.8) is 0 Å². The van der Waals surface area contributed by atoms with Crippen molar-refractivity contribution in [2.24, 2.45) is 5.41 Å². The highest BCUT2D eigenvalue weighted by atomic mass is 35.5. The summed E-state index contributed by atoms with van der Waals surface area (Å²) in [4.78, 5) is 41.2. The molecule has 0 radical (unpaired) electrons. The first kappa shape index (κ1) is 30.3. The van der Waals surface area contributed by atoms with Crippen LogP contribution in [0.1, 0.15) is 61.5 Å². The van der Waals surface area contributed by atoms with E-state index in [2.05, 4.69) is 25.4 Å². The number of nitrogens with zero attached hydrogens (tertiary/aromatic N) is 5. The second kappa shape index (κ2) is 12.6. The van der Waals surface area contributed by atoms with Crippen LogP contribution in [0.5, 0.6) is 0 Å². The Balaban J connectivity index is 1.19. The first-order chi connectivity index (χ1) is 20.0. The fraction of sp³-hybridized carbons (Fsp3) is 0.600. The Bertz CT molecular complexity index is 1290. The summed E-state index contributed by atoms with van der Waals surface area (Å²) in [6.07, 6.45) is 5.00. The van der Waals surface area contributed by atoms with Crippen LogP contribution in [-0.2, 0) is 17.9 Å². The van der Waals surface area contributed by atoms with Crippen molar-refractivity contribution in [3.8, 4) is 0 Å². The van der Waals surface area contributed by atoms with Gasteiger partial charge in [0.1, 0.15) is 17.0 Å². The van der Waals surface area contributed by atoms with Gasteiger partial charge in [0, 0.05) is 70.1 Å². The number of carbonyl (C=O) groups excluding carboxylic acids is 2. The number of hydrogen-bond acceptors (Lipinski definition) is 9. The summed E-state index contributed by atoms with van der Waals surface area (Å²) in [5.74, 6) is 0.863. The van der Waals surface area contributed by atoms with Crippen LogP contribution in [0, 0.1) is 5.41 Å². The molecule has 2 aliphatic heterocycles. The molecule has 0 atom stereocenters. The van der Waals surface area contributed by atoms with E-state index in [1.165, 1.54) is 12.8 Å². The third kappa shape index (κ3) is 7.62. The molecule has 3 heterocycles. The first-order valence-electron chi connectivity index (χ1n) is 14.8. The smallest absolute Gasteiger partial charge is 0.410 e. The summed E-state index contributed by atoms with van der Waals surface area (Å²) in [6.45, 7) is 11.5. The quantitative estimate of drug-likeness (QED) is 0.397. The monoisotopic (exact) mass is 599 g/mol. The number of carbonyl (C=O) groups is 2. The average molecular weight is 600 g/mol. The number of aromatic nitrogens is 2. The van der Waals surface area contributed by atoms with Gasteiger partial charge in [-0.25, -0.2) is 9.78 Å². The van der Waals surface area contributed by atoms with Gasteiger partial charge in [0.05, 0.1) is 6.61 Å². The van der Waals surface area contributed by atoms with E-state index < -0.39 is 5.60 Å². The second-order valence-electron chi connectivity index (χ2n) is 12.6. The molecule has 2 aromatic rings. The van der Waals surface area contributed by atoms with E-state index in [0.717, 1.165) is 25.1 Å². The van der Waals surface area contributed by atoms with E-state index in [1.54, 1.807) is 17.2 Å². The molecule has 0 unspecified atom stereocenters. The van der Waals surface area contributed by atoms with Crippen LogP contribution in [0.15, 0.2) is 24.4 Å². The van der Waals surface area contributed by atoms with E-state index >= 15 is 0 Å². The minimum Gasteiger partial charge on any atom is -0.444 e. The molecule has 1 aromatic carbocycles. The van der Waals surface area contributed by atoms with Crippen LogP contribution < -0.4 is 15.5 Å². The van der Waals surface area contributed by atoms with E-state index in [-0.39, 0.29) is 18.6 Å². The molecule has 3 aliphatic rings. The molecule has 1 saturated carbocycles. The molecule has 42 heavy (non-hydrogen) atoms. The third-order valence-corrected chi connectivity index (χ3v) is 8.54. The molecular formula is C30H42ClN7O4. The van der Waals surface area contributed by atoms with E-state index in [0.29, 0.717) is 79.1 Å². The zero-order valence-electron chi connectivity index (χ0n) is 24.8. The Morgan fingerprint density at radius 3 is 2.52 bits per heavy atom. The summed E-state index contributed by atoms with van der Waals surface area (Å²) in [5, 5.41) is 16.3. The molecule has 11 nitrogen and oxygen atoms in total. The molecule has 1 aromatic heterocycles. The highest BCUT2D eigenvalue weighted by Gasteiger charge is 2.48. The summed E-state index contributed by atoms with van der Waals surface area (Å²) in [5.41, 5.74) is 1.87. The van der Waals surface area contributed by atoms with E-state index in [9.17, 15) is 14.7 Å². The number of aliphatic hydroxyl groups is 1. The molecule has 0 bridgehead atoms. The maximum atomic E-state index is 13.3. The number of anilines is 2. The molecular weight excluding hydrogens is 558 g/mol. The fourth-order valence-electron chi connectivity index (χ4n) is 5.43. The Morgan fingerprint density at radius 1 is 1.12 bits per heavy atom. The number of benzene rings is 1. The summed E-state index contributed by atoms with van der Waals surface area (Å²) < 4.78 is 5.48. The second-order valence-corrected chi connectivity index (χ2v) is 13.0. The van der Waals surface area contributed by atoms with Crippen LogP contribution in [0.2, 0.25) is 5.02 Å². The first-order valence-corrected chi connectivity index (χ1v) is 15.1. The number of aliphatic hydroxyl groups excluding tert-OH is 1. The Morgan fingerprint density at radius 2 is 1.88 bits per heavy atom. The van der Waals surface area contributed by atoms with Crippen molar-refractivity contribution >= 4 is 35.4 Å². The topological polar surface area (TPSA) is 123 Å². The molecule has 228 valence electrons. The number of piperazine rings is 1. The molecule has 3 N–H and O–H groups in total. The Hall–Kier alpha value is -3.15. The lowest BCUT2D eigenvalue weighted by atomic mass is 10.1. The van der Waals surface area contributed by atoms with E-state index in [4.69, 9.17) is 21.3 Å². The molecule has 1 aliphatic carbocycles. The molecule has 3 fully saturated rings. The van der Waals surface area contributed by atoms with E-state index in [1.807, 2.05) is 32.9 Å². The molecule has 5 rings (SSSR count). The predicted molar refractivity (Wildman–Crippen MR) is 162 cm³/mol. The van der Waals surface area contributed by atoms with Gasteiger partial charge >= 0.3 is 6.09 Å². The van der Waals surface area contributed by atoms with Crippen LogP contribution in [0.4, 0.5) is 16.6 Å². The summed E-state index contributed by atoms with van der Waals surface area (Å²) in [7, 11) is 0. The summed E-state index contributed by atoms with van der Waals surface area (Å²) >= 11 is 6.29. The maximum absolute atomic E-state index is 13.3. The van der Waals surface area contributed by atoms with Gasteiger partial charge in [0.25, 0.3) is 5.91 Å². The van der Waals surface area contributed by atoms with Gasteiger partial charge in [-0.3, -0.25) is 9.69 Å². The van der Waals surface area contributed by atoms with Gasteiger partial charge in [-0.2, -0.15) is 4.98 Å². The van der Waals surface area contributed by atoms with Crippen molar-refractivity contribution < 1.29 is 19.4 Å². The van der Waals surface area contributed by atoms with Gasteiger partial charge in [-0.05, 0) is 62.6 Å². The van der Waals surface area contributed by atoms with Gasteiger partial charge in [0.2, 0.25) is 5.95 Å². The predicted octanol–water partition coefficient (Wildman–Crippen LogP) is 3.51. The largest absolute Gasteiger partial charge is 0.444 e. The minimum absolute atomic E-state index is 0.122. The number of halogens is 1. The van der Waals surface area contributed by atoms with Crippen LogP contribution in [0.25, 0.3) is 0 Å². The van der Waals surface area contributed by atoms with Crippen LogP contribution >= 0.6 is 11.6 Å². The third-order valence-electron chi connectivity index (χ3n) is 8.18. The van der Waals surface area contributed by atoms with Gasteiger partial charge in [-0.15, -0.1) is 0 Å². The SMILES string of the molecule is CC(C)(C)OC(=O)N1CCN(CCNC(=O)c2cnc(N3CCC4(CC4)C3)nc2NCc2ccc(CO)c(Cl)c2)CC1. The number of ether oxygens (including phenoxy) is 1. The Kier molecular flexibility index (Phi) is 9.10. The highest BCUT2D eigenvalue weighted by Crippen LogP contribution is 2.53. The van der Waals surface area contributed by atoms with Crippen molar-refractivity contribution in [1.29, 1.82) is 0 Å². The molecule has 2 amide bonds. The van der Waals surface area contributed by atoms with Crippen LogP contribution in [-0.4, -0.2) is 94.8 Å². The average Bonchev–Trinajstić information content (AvgIpc) is 3.59. The number of nitrogens with one attached hydrogen (secondary N) is 2. The summed E-state index contributed by atoms with van der Waals surface area (Å²) in [6, 6.07) is 5.50. The van der Waals surface area contributed by atoms with Gasteiger partial charge in [-0.1, -0.05) is 23.7 Å². The lowest BCUT2D eigenvalue weighted by molar-refractivity contribution is 0.0147. The molecule has 12 heteroatoms. The number of rotatable bonds is 9. The molecule has 2 saturated heterocycles. The highest BCUT2D eigenvalue weighted by molar-refractivity contribution is 6.31.